The van der Waals surface area contributed by atoms with E-state index >= 15 is 0 Å². The highest BCUT2D eigenvalue weighted by molar-refractivity contribution is 9.10. The molecule has 1 atom stereocenters. The maximum atomic E-state index is 6.20. The SMILES string of the molecule is NC(CCN1CCCC1)c1ccc(Br)cc1Cl. The van der Waals surface area contributed by atoms with Crippen LogP contribution in [-0.2, 0) is 0 Å². The molecule has 17 heavy (non-hydrogen) atoms. The molecule has 2 nitrogen and oxygen atoms in total. The first kappa shape index (κ1) is 13.3. The van der Waals surface area contributed by atoms with E-state index in [1.165, 1.54) is 25.9 Å². The highest BCUT2D eigenvalue weighted by atomic mass is 79.9. The third-order valence-electron chi connectivity index (χ3n) is 3.32. The Hall–Kier alpha value is -0.0900. The first-order chi connectivity index (χ1) is 8.16. The van der Waals surface area contributed by atoms with E-state index in [9.17, 15) is 0 Å². The van der Waals surface area contributed by atoms with Gasteiger partial charge in [-0.1, -0.05) is 33.6 Å². The van der Waals surface area contributed by atoms with Gasteiger partial charge in [-0.25, -0.2) is 0 Å². The lowest BCUT2D eigenvalue weighted by molar-refractivity contribution is 0.322. The molecule has 0 saturated carbocycles. The van der Waals surface area contributed by atoms with Crippen LogP contribution in [0.4, 0.5) is 0 Å². The molecule has 1 unspecified atom stereocenters. The quantitative estimate of drug-likeness (QED) is 0.919. The average molecular weight is 318 g/mol. The van der Waals surface area contributed by atoms with Gasteiger partial charge in [-0.2, -0.15) is 0 Å². The summed E-state index contributed by atoms with van der Waals surface area (Å²) >= 11 is 9.60. The van der Waals surface area contributed by atoms with E-state index in [4.69, 9.17) is 17.3 Å². The van der Waals surface area contributed by atoms with E-state index in [1.54, 1.807) is 0 Å². The highest BCUT2D eigenvalue weighted by Crippen LogP contribution is 2.27. The number of likely N-dealkylation sites (tertiary alicyclic amines) is 1. The molecule has 1 aromatic carbocycles. The van der Waals surface area contributed by atoms with Crippen molar-refractivity contribution in [3.63, 3.8) is 0 Å². The molecule has 0 aromatic heterocycles. The third kappa shape index (κ3) is 3.68. The maximum absolute atomic E-state index is 6.20. The molecule has 1 aliphatic heterocycles. The van der Waals surface area contributed by atoms with Crippen LogP contribution < -0.4 is 5.73 Å². The van der Waals surface area contributed by atoms with Crippen molar-refractivity contribution in [2.24, 2.45) is 5.73 Å². The van der Waals surface area contributed by atoms with Crippen molar-refractivity contribution in [3.8, 4) is 0 Å². The largest absolute Gasteiger partial charge is 0.324 e. The Kier molecular flexibility index (Phi) is 4.86. The topological polar surface area (TPSA) is 29.3 Å². The van der Waals surface area contributed by atoms with Crippen molar-refractivity contribution in [1.82, 2.24) is 4.90 Å². The molecule has 0 bridgehead atoms. The lowest BCUT2D eigenvalue weighted by Gasteiger charge is -2.19. The van der Waals surface area contributed by atoms with Gasteiger partial charge < -0.3 is 10.6 Å². The van der Waals surface area contributed by atoms with Crippen LogP contribution in [0.5, 0.6) is 0 Å². The number of hydrogen-bond donors (Lipinski definition) is 1. The van der Waals surface area contributed by atoms with E-state index in [-0.39, 0.29) is 6.04 Å². The van der Waals surface area contributed by atoms with Crippen LogP contribution in [0, 0.1) is 0 Å². The second-order valence-electron chi connectivity index (χ2n) is 4.61. The molecule has 0 aliphatic carbocycles. The summed E-state index contributed by atoms with van der Waals surface area (Å²) in [5.41, 5.74) is 7.25. The fraction of sp³-hybridized carbons (Fsp3) is 0.538. The molecule has 1 aliphatic rings. The summed E-state index contributed by atoms with van der Waals surface area (Å²) in [6.07, 6.45) is 3.63. The first-order valence-electron chi connectivity index (χ1n) is 6.09. The lowest BCUT2D eigenvalue weighted by atomic mass is 10.0. The molecule has 1 saturated heterocycles. The Morgan fingerprint density at radius 1 is 1.35 bits per heavy atom. The van der Waals surface area contributed by atoms with E-state index < -0.39 is 0 Å². The minimum atomic E-state index is 0.0381. The van der Waals surface area contributed by atoms with Gasteiger partial charge in [-0.3, -0.25) is 0 Å². The Morgan fingerprint density at radius 3 is 2.71 bits per heavy atom. The van der Waals surface area contributed by atoms with Crippen LogP contribution >= 0.6 is 27.5 Å². The van der Waals surface area contributed by atoms with Crippen LogP contribution in [0.25, 0.3) is 0 Å². The summed E-state index contributed by atoms with van der Waals surface area (Å²) in [4.78, 5) is 2.48. The molecular weight excluding hydrogens is 300 g/mol. The Morgan fingerprint density at radius 2 is 2.06 bits per heavy atom. The minimum Gasteiger partial charge on any atom is -0.324 e. The van der Waals surface area contributed by atoms with Gasteiger partial charge >= 0.3 is 0 Å². The van der Waals surface area contributed by atoms with Gasteiger partial charge in [-0.15, -0.1) is 0 Å². The van der Waals surface area contributed by atoms with Gasteiger partial charge in [0.2, 0.25) is 0 Å². The number of nitrogens with two attached hydrogens (primary N) is 1. The predicted octanol–water partition coefficient (Wildman–Crippen LogP) is 3.59. The number of hydrogen-bond acceptors (Lipinski definition) is 2. The molecule has 1 aromatic rings. The van der Waals surface area contributed by atoms with Gasteiger partial charge in [0.25, 0.3) is 0 Å². The number of benzene rings is 1. The van der Waals surface area contributed by atoms with Crippen LogP contribution in [0.1, 0.15) is 30.9 Å². The van der Waals surface area contributed by atoms with Crippen molar-refractivity contribution in [2.75, 3.05) is 19.6 Å². The molecule has 1 fully saturated rings. The smallest absolute Gasteiger partial charge is 0.0464 e. The van der Waals surface area contributed by atoms with Gasteiger partial charge in [0, 0.05) is 15.5 Å². The normalized spacial score (nSPS) is 18.5. The van der Waals surface area contributed by atoms with Crippen molar-refractivity contribution < 1.29 is 0 Å². The molecule has 2 N–H and O–H groups in total. The van der Waals surface area contributed by atoms with E-state index in [0.29, 0.717) is 0 Å². The van der Waals surface area contributed by atoms with Gasteiger partial charge in [0.05, 0.1) is 0 Å². The number of nitrogens with zero attached hydrogens (tertiary/aromatic N) is 1. The van der Waals surface area contributed by atoms with Crippen molar-refractivity contribution in [2.45, 2.75) is 25.3 Å². The summed E-state index contributed by atoms with van der Waals surface area (Å²) in [6, 6.07) is 5.96. The number of rotatable bonds is 4. The number of halogens is 2. The molecule has 94 valence electrons. The molecule has 0 amide bonds. The Labute approximate surface area is 116 Å². The highest BCUT2D eigenvalue weighted by Gasteiger charge is 2.15. The fourth-order valence-electron chi connectivity index (χ4n) is 2.29. The molecular formula is C13H18BrClN2. The zero-order chi connectivity index (χ0) is 12.3. The Bertz CT molecular complexity index is 378. The summed E-state index contributed by atoms with van der Waals surface area (Å²) < 4.78 is 0.998. The van der Waals surface area contributed by atoms with Crippen molar-refractivity contribution in [1.29, 1.82) is 0 Å². The second kappa shape index (κ2) is 6.19. The van der Waals surface area contributed by atoms with E-state index in [2.05, 4.69) is 20.8 Å². The zero-order valence-corrected chi connectivity index (χ0v) is 12.2. The van der Waals surface area contributed by atoms with Gasteiger partial charge in [0.1, 0.15) is 0 Å². The first-order valence-corrected chi connectivity index (χ1v) is 7.27. The molecule has 1 heterocycles. The average Bonchev–Trinajstić information content (AvgIpc) is 2.78. The predicted molar refractivity (Wildman–Crippen MR) is 76.4 cm³/mol. The molecule has 2 rings (SSSR count). The third-order valence-corrected chi connectivity index (χ3v) is 4.14. The van der Waals surface area contributed by atoms with E-state index in [1.807, 2.05) is 18.2 Å². The van der Waals surface area contributed by atoms with Crippen molar-refractivity contribution in [3.05, 3.63) is 33.3 Å². The van der Waals surface area contributed by atoms with Crippen LogP contribution in [0.2, 0.25) is 5.02 Å². The van der Waals surface area contributed by atoms with Crippen LogP contribution in [-0.4, -0.2) is 24.5 Å². The standard InChI is InChI=1S/C13H18BrClN2/c14-10-3-4-11(12(15)9-10)13(16)5-8-17-6-1-2-7-17/h3-4,9,13H,1-2,5-8,16H2. The molecule has 0 spiro atoms. The van der Waals surface area contributed by atoms with Crippen molar-refractivity contribution >= 4 is 27.5 Å². The summed E-state index contributed by atoms with van der Waals surface area (Å²) in [7, 11) is 0. The van der Waals surface area contributed by atoms with Gasteiger partial charge in [0.15, 0.2) is 0 Å². The Balaban J connectivity index is 1.91. The van der Waals surface area contributed by atoms with E-state index in [0.717, 1.165) is 28.0 Å². The summed E-state index contributed by atoms with van der Waals surface area (Å²) in [5.74, 6) is 0. The molecule has 0 radical (unpaired) electrons. The monoisotopic (exact) mass is 316 g/mol. The fourth-order valence-corrected chi connectivity index (χ4v) is 3.10. The lowest BCUT2D eigenvalue weighted by Crippen LogP contribution is -2.24. The summed E-state index contributed by atoms with van der Waals surface area (Å²) in [6.45, 7) is 3.52. The maximum Gasteiger partial charge on any atom is 0.0464 e. The minimum absolute atomic E-state index is 0.0381. The van der Waals surface area contributed by atoms with Gasteiger partial charge in [-0.05, 0) is 56.6 Å². The summed E-state index contributed by atoms with van der Waals surface area (Å²) in [5, 5.41) is 0.758. The van der Waals surface area contributed by atoms with Crippen LogP contribution in [0.15, 0.2) is 22.7 Å². The second-order valence-corrected chi connectivity index (χ2v) is 5.93. The van der Waals surface area contributed by atoms with Crippen LogP contribution in [0.3, 0.4) is 0 Å². The zero-order valence-electron chi connectivity index (χ0n) is 9.83. The molecule has 4 heteroatoms.